The smallest absolute Gasteiger partial charge is 0.0175 e. The maximum atomic E-state index is 3.52. The predicted molar refractivity (Wildman–Crippen MR) is 99.3 cm³/mol. The molecule has 4 rings (SSSR count). The molecule has 0 nitrogen and oxygen atoms in total. The Morgan fingerprint density at radius 1 is 0.682 bits per heavy atom. The fraction of sp³-hybridized carbons (Fsp3) is 0.0476. The van der Waals surface area contributed by atoms with Crippen LogP contribution in [0.15, 0.2) is 77.3 Å². The van der Waals surface area contributed by atoms with Gasteiger partial charge in [0.1, 0.15) is 0 Å². The molecular weight excluding hydrogens is 332 g/mol. The molecule has 0 aliphatic heterocycles. The molecular formula is C21H15Br. The van der Waals surface area contributed by atoms with E-state index in [1.165, 1.54) is 38.2 Å². The third kappa shape index (κ3) is 2.22. The molecule has 0 saturated heterocycles. The van der Waals surface area contributed by atoms with Crippen molar-refractivity contribution in [1.29, 1.82) is 0 Å². The molecule has 22 heavy (non-hydrogen) atoms. The van der Waals surface area contributed by atoms with Crippen LogP contribution in [0, 0.1) is 6.92 Å². The van der Waals surface area contributed by atoms with Gasteiger partial charge in [-0.1, -0.05) is 76.1 Å². The van der Waals surface area contributed by atoms with E-state index in [4.69, 9.17) is 0 Å². The minimum atomic E-state index is 1.11. The molecule has 0 aliphatic carbocycles. The Morgan fingerprint density at radius 3 is 2.18 bits per heavy atom. The summed E-state index contributed by atoms with van der Waals surface area (Å²) in [6.07, 6.45) is 0. The topological polar surface area (TPSA) is 0 Å². The molecule has 0 atom stereocenters. The lowest BCUT2D eigenvalue weighted by Gasteiger charge is -2.11. The van der Waals surface area contributed by atoms with E-state index in [0.717, 1.165) is 4.47 Å². The Labute approximate surface area is 138 Å². The van der Waals surface area contributed by atoms with Crippen molar-refractivity contribution in [3.63, 3.8) is 0 Å². The van der Waals surface area contributed by atoms with Gasteiger partial charge in [0.05, 0.1) is 0 Å². The maximum Gasteiger partial charge on any atom is 0.0175 e. The van der Waals surface area contributed by atoms with E-state index in [-0.39, 0.29) is 0 Å². The molecule has 0 aromatic heterocycles. The molecule has 0 N–H and O–H groups in total. The normalized spacial score (nSPS) is 11.2. The second-order valence-electron chi connectivity index (χ2n) is 5.70. The monoisotopic (exact) mass is 346 g/mol. The zero-order valence-electron chi connectivity index (χ0n) is 12.3. The third-order valence-corrected chi connectivity index (χ3v) is 4.70. The Kier molecular flexibility index (Phi) is 3.24. The van der Waals surface area contributed by atoms with Gasteiger partial charge in [0.2, 0.25) is 0 Å². The Hall–Kier alpha value is -2.12. The fourth-order valence-corrected chi connectivity index (χ4v) is 3.35. The molecule has 0 radical (unpaired) electrons. The standard InChI is InChI=1S/C21H15Br/c1-14-6-7-16-13-21(15-8-10-17(22)11-9-15)19-5-3-2-4-18(19)20(16)12-14/h2-13H,1H3. The lowest BCUT2D eigenvalue weighted by atomic mass is 9.93. The third-order valence-electron chi connectivity index (χ3n) is 4.17. The summed E-state index contributed by atoms with van der Waals surface area (Å²) in [5, 5.41) is 5.25. The lowest BCUT2D eigenvalue weighted by molar-refractivity contribution is 1.51. The van der Waals surface area contributed by atoms with Crippen molar-refractivity contribution in [2.75, 3.05) is 0 Å². The number of halogens is 1. The van der Waals surface area contributed by atoms with E-state index in [1.807, 2.05) is 0 Å². The lowest BCUT2D eigenvalue weighted by Crippen LogP contribution is -1.85. The van der Waals surface area contributed by atoms with E-state index in [9.17, 15) is 0 Å². The van der Waals surface area contributed by atoms with Gasteiger partial charge in [-0.05, 0) is 57.8 Å². The van der Waals surface area contributed by atoms with E-state index in [2.05, 4.69) is 95.7 Å². The zero-order valence-corrected chi connectivity index (χ0v) is 13.9. The van der Waals surface area contributed by atoms with E-state index in [1.54, 1.807) is 0 Å². The van der Waals surface area contributed by atoms with Gasteiger partial charge in [0, 0.05) is 4.47 Å². The summed E-state index contributed by atoms with van der Waals surface area (Å²) in [6, 6.07) is 26.2. The van der Waals surface area contributed by atoms with Crippen LogP contribution in [0.5, 0.6) is 0 Å². The van der Waals surface area contributed by atoms with E-state index >= 15 is 0 Å². The second kappa shape index (κ2) is 5.26. The first-order valence-corrected chi connectivity index (χ1v) is 8.20. The van der Waals surface area contributed by atoms with Crippen LogP contribution in [0.25, 0.3) is 32.7 Å². The SMILES string of the molecule is Cc1ccc2cc(-c3ccc(Br)cc3)c3ccccc3c2c1. The molecule has 0 spiro atoms. The van der Waals surface area contributed by atoms with Gasteiger partial charge in [-0.15, -0.1) is 0 Å². The summed E-state index contributed by atoms with van der Waals surface area (Å²) >= 11 is 3.52. The Morgan fingerprint density at radius 2 is 1.41 bits per heavy atom. The number of hydrogen-bond acceptors (Lipinski definition) is 0. The summed E-state index contributed by atoms with van der Waals surface area (Å²) < 4.78 is 1.11. The van der Waals surface area contributed by atoms with Crippen LogP contribution in [0.4, 0.5) is 0 Å². The maximum absolute atomic E-state index is 3.52. The first-order chi connectivity index (χ1) is 10.7. The van der Waals surface area contributed by atoms with Crippen LogP contribution < -0.4 is 0 Å². The van der Waals surface area contributed by atoms with Crippen molar-refractivity contribution in [2.24, 2.45) is 0 Å². The van der Waals surface area contributed by atoms with Gasteiger partial charge in [0.25, 0.3) is 0 Å². The molecule has 0 amide bonds. The van der Waals surface area contributed by atoms with Crippen molar-refractivity contribution in [3.8, 4) is 11.1 Å². The molecule has 0 unspecified atom stereocenters. The van der Waals surface area contributed by atoms with E-state index < -0.39 is 0 Å². The van der Waals surface area contributed by atoms with Crippen molar-refractivity contribution >= 4 is 37.5 Å². The highest BCUT2D eigenvalue weighted by molar-refractivity contribution is 9.10. The van der Waals surface area contributed by atoms with Crippen LogP contribution in [-0.4, -0.2) is 0 Å². The molecule has 106 valence electrons. The summed E-state index contributed by atoms with van der Waals surface area (Å²) in [6.45, 7) is 2.15. The van der Waals surface area contributed by atoms with Crippen molar-refractivity contribution in [3.05, 3.63) is 82.8 Å². The molecule has 4 aromatic carbocycles. The first-order valence-electron chi connectivity index (χ1n) is 7.40. The van der Waals surface area contributed by atoms with Gasteiger partial charge in [-0.3, -0.25) is 0 Å². The van der Waals surface area contributed by atoms with Gasteiger partial charge >= 0.3 is 0 Å². The van der Waals surface area contributed by atoms with Gasteiger partial charge in [0.15, 0.2) is 0 Å². The van der Waals surface area contributed by atoms with Crippen molar-refractivity contribution in [1.82, 2.24) is 0 Å². The molecule has 0 fully saturated rings. The van der Waals surface area contributed by atoms with Crippen molar-refractivity contribution < 1.29 is 0 Å². The minimum absolute atomic E-state index is 1.11. The largest absolute Gasteiger partial charge is 0.0616 e. The zero-order chi connectivity index (χ0) is 15.1. The number of rotatable bonds is 1. The van der Waals surface area contributed by atoms with E-state index in [0.29, 0.717) is 0 Å². The van der Waals surface area contributed by atoms with Crippen LogP contribution in [-0.2, 0) is 0 Å². The number of fused-ring (bicyclic) bond motifs is 3. The average molecular weight is 347 g/mol. The van der Waals surface area contributed by atoms with Crippen LogP contribution in [0.3, 0.4) is 0 Å². The summed E-state index contributed by atoms with van der Waals surface area (Å²) in [5.74, 6) is 0. The summed E-state index contributed by atoms with van der Waals surface area (Å²) in [7, 11) is 0. The molecule has 0 bridgehead atoms. The molecule has 0 aliphatic rings. The highest BCUT2D eigenvalue weighted by Gasteiger charge is 2.08. The predicted octanol–water partition coefficient (Wildman–Crippen LogP) is 6.73. The molecule has 1 heteroatoms. The van der Waals surface area contributed by atoms with Crippen LogP contribution in [0.2, 0.25) is 0 Å². The van der Waals surface area contributed by atoms with Crippen LogP contribution in [0.1, 0.15) is 5.56 Å². The van der Waals surface area contributed by atoms with Gasteiger partial charge < -0.3 is 0 Å². The Bertz CT molecular complexity index is 982. The van der Waals surface area contributed by atoms with Crippen LogP contribution >= 0.6 is 15.9 Å². The highest BCUT2D eigenvalue weighted by atomic mass is 79.9. The molecule has 4 aromatic rings. The molecule has 0 heterocycles. The van der Waals surface area contributed by atoms with Gasteiger partial charge in [-0.2, -0.15) is 0 Å². The number of benzene rings is 4. The average Bonchev–Trinajstić information content (AvgIpc) is 2.55. The highest BCUT2D eigenvalue weighted by Crippen LogP contribution is 2.35. The summed E-state index contributed by atoms with van der Waals surface area (Å²) in [5.41, 5.74) is 3.84. The Balaban J connectivity index is 2.13. The number of aryl methyl sites for hydroxylation is 1. The number of hydrogen-bond donors (Lipinski definition) is 0. The first kappa shape index (κ1) is 13.5. The summed E-state index contributed by atoms with van der Waals surface area (Å²) in [4.78, 5) is 0. The molecule has 0 saturated carbocycles. The second-order valence-corrected chi connectivity index (χ2v) is 6.62. The quantitative estimate of drug-likeness (QED) is 0.335. The minimum Gasteiger partial charge on any atom is -0.0616 e. The fourth-order valence-electron chi connectivity index (χ4n) is 3.08. The van der Waals surface area contributed by atoms with Gasteiger partial charge in [-0.25, -0.2) is 0 Å². The van der Waals surface area contributed by atoms with Crippen molar-refractivity contribution in [2.45, 2.75) is 6.92 Å².